The Kier molecular flexibility index (Phi) is 6.17. The van der Waals surface area contributed by atoms with Crippen LogP contribution in [0.5, 0.6) is 0 Å². The maximum atomic E-state index is 13.4. The van der Waals surface area contributed by atoms with Crippen LogP contribution >= 0.6 is 11.3 Å². The van der Waals surface area contributed by atoms with Crippen LogP contribution in [0.25, 0.3) is 22.8 Å². The van der Waals surface area contributed by atoms with Gasteiger partial charge in [-0.1, -0.05) is 17.3 Å². The van der Waals surface area contributed by atoms with Gasteiger partial charge in [-0.2, -0.15) is 9.29 Å². The van der Waals surface area contributed by atoms with Crippen molar-refractivity contribution in [2.75, 3.05) is 19.7 Å². The lowest BCUT2D eigenvalue weighted by molar-refractivity contribution is -0.149. The second-order valence-corrected chi connectivity index (χ2v) is 10.1. The molecule has 1 fully saturated rings. The first-order chi connectivity index (χ1) is 14.9. The summed E-state index contributed by atoms with van der Waals surface area (Å²) >= 11 is 1.06. The number of nitrogens with zero attached hydrogens (tertiary/aromatic N) is 3. The first-order valence-electron chi connectivity index (χ1n) is 9.74. The van der Waals surface area contributed by atoms with Gasteiger partial charge in [0.1, 0.15) is 10.0 Å². The molecule has 164 valence electrons. The van der Waals surface area contributed by atoms with E-state index in [1.54, 1.807) is 24.4 Å². The van der Waals surface area contributed by atoms with Gasteiger partial charge in [-0.15, -0.1) is 11.3 Å². The second-order valence-electron chi connectivity index (χ2n) is 7.02. The molecule has 8 nitrogen and oxygen atoms in total. The van der Waals surface area contributed by atoms with Crippen molar-refractivity contribution in [3.05, 3.63) is 41.5 Å². The molecule has 3 heterocycles. The molecule has 31 heavy (non-hydrogen) atoms. The Bertz CT molecular complexity index is 1180. The van der Waals surface area contributed by atoms with Crippen molar-refractivity contribution in [1.82, 2.24) is 14.4 Å². The molecule has 0 atom stereocenters. The molecule has 0 amide bonds. The predicted octanol–water partition coefficient (Wildman–Crippen LogP) is 3.57. The Morgan fingerprint density at radius 2 is 2.06 bits per heavy atom. The molecule has 0 spiro atoms. The van der Waals surface area contributed by atoms with Crippen LogP contribution in [0, 0.1) is 11.7 Å². The molecule has 1 aliphatic heterocycles. The van der Waals surface area contributed by atoms with Crippen LogP contribution in [0.3, 0.4) is 0 Å². The maximum Gasteiger partial charge on any atom is 0.309 e. The third kappa shape index (κ3) is 4.53. The van der Waals surface area contributed by atoms with Gasteiger partial charge >= 0.3 is 5.97 Å². The summed E-state index contributed by atoms with van der Waals surface area (Å²) in [4.78, 5) is 16.1. The van der Waals surface area contributed by atoms with Crippen LogP contribution in [0.2, 0.25) is 0 Å². The molecule has 4 rings (SSSR count). The maximum absolute atomic E-state index is 13.4. The molecule has 1 saturated heterocycles. The fraction of sp³-hybridized carbons (Fsp3) is 0.350. The van der Waals surface area contributed by atoms with E-state index in [-0.39, 0.29) is 40.9 Å². The van der Waals surface area contributed by atoms with Crippen molar-refractivity contribution in [1.29, 1.82) is 0 Å². The van der Waals surface area contributed by atoms with E-state index in [2.05, 4.69) is 10.1 Å². The third-order valence-corrected chi connectivity index (χ3v) is 8.31. The van der Waals surface area contributed by atoms with Crippen molar-refractivity contribution in [3.8, 4) is 22.8 Å². The van der Waals surface area contributed by atoms with Gasteiger partial charge in [0.15, 0.2) is 0 Å². The highest BCUT2D eigenvalue weighted by molar-refractivity contribution is 7.91. The summed E-state index contributed by atoms with van der Waals surface area (Å²) in [5.74, 6) is -0.600. The SMILES string of the molecule is CCOC(=O)C1CCN(S(=O)(=O)c2cc(-c3nc(-c4cccc(F)c4)no3)cs2)CC1. The molecule has 0 radical (unpaired) electrons. The Balaban J connectivity index is 1.48. The first-order valence-corrected chi connectivity index (χ1v) is 12.1. The molecule has 0 unspecified atom stereocenters. The number of esters is 1. The standard InChI is InChI=1S/C20H20FN3O5S2/c1-2-28-20(25)13-6-8-24(9-7-13)31(26,27)17-11-15(12-30-17)19-22-18(23-29-19)14-4-3-5-16(21)10-14/h3-5,10-13H,2,6-9H2,1H3. The Hall–Kier alpha value is -2.63. The minimum Gasteiger partial charge on any atom is -0.466 e. The summed E-state index contributed by atoms with van der Waals surface area (Å²) < 4.78 is 51.2. The van der Waals surface area contributed by atoms with Gasteiger partial charge in [0.05, 0.1) is 18.1 Å². The number of benzene rings is 1. The summed E-state index contributed by atoms with van der Waals surface area (Å²) in [6, 6.07) is 7.29. The average Bonchev–Trinajstić information content (AvgIpc) is 3.44. The Morgan fingerprint density at radius 1 is 1.29 bits per heavy atom. The topological polar surface area (TPSA) is 103 Å². The van der Waals surface area contributed by atoms with Gasteiger partial charge in [0, 0.05) is 24.0 Å². The highest BCUT2D eigenvalue weighted by Crippen LogP contribution is 2.32. The van der Waals surface area contributed by atoms with E-state index >= 15 is 0 Å². The molecular formula is C20H20FN3O5S2. The van der Waals surface area contributed by atoms with E-state index in [4.69, 9.17) is 9.26 Å². The number of carbonyl (C=O) groups excluding carboxylic acids is 1. The van der Waals surface area contributed by atoms with E-state index in [1.807, 2.05) is 0 Å². The van der Waals surface area contributed by atoms with Gasteiger partial charge in [-0.05, 0) is 38.0 Å². The lowest BCUT2D eigenvalue weighted by Gasteiger charge is -2.29. The summed E-state index contributed by atoms with van der Waals surface area (Å²) in [5, 5.41) is 5.48. The highest BCUT2D eigenvalue weighted by Gasteiger charge is 2.33. The molecule has 2 aromatic heterocycles. The molecule has 11 heteroatoms. The Labute approximate surface area is 182 Å². The number of rotatable bonds is 6. The normalized spacial score (nSPS) is 15.8. The van der Waals surface area contributed by atoms with Crippen molar-refractivity contribution >= 4 is 27.3 Å². The number of ether oxygens (including phenoxy) is 1. The van der Waals surface area contributed by atoms with Crippen molar-refractivity contribution in [3.63, 3.8) is 0 Å². The van der Waals surface area contributed by atoms with Gasteiger partial charge in [0.2, 0.25) is 5.82 Å². The lowest BCUT2D eigenvalue weighted by atomic mass is 9.98. The van der Waals surface area contributed by atoms with Crippen molar-refractivity contribution in [2.45, 2.75) is 24.0 Å². The highest BCUT2D eigenvalue weighted by atomic mass is 32.2. The fourth-order valence-electron chi connectivity index (χ4n) is 3.37. The number of halogens is 1. The van der Waals surface area contributed by atoms with Crippen LogP contribution in [-0.4, -0.2) is 48.5 Å². The van der Waals surface area contributed by atoms with Crippen LogP contribution in [-0.2, 0) is 19.6 Å². The first kappa shape index (κ1) is 21.6. The number of hydrogen-bond acceptors (Lipinski definition) is 8. The molecule has 1 aliphatic rings. The van der Waals surface area contributed by atoms with Gasteiger partial charge in [-0.25, -0.2) is 12.8 Å². The zero-order valence-corrected chi connectivity index (χ0v) is 18.3. The monoisotopic (exact) mass is 465 g/mol. The zero-order valence-electron chi connectivity index (χ0n) is 16.7. The average molecular weight is 466 g/mol. The van der Waals surface area contributed by atoms with Crippen LogP contribution < -0.4 is 0 Å². The summed E-state index contributed by atoms with van der Waals surface area (Å²) in [7, 11) is -3.70. The molecule has 0 N–H and O–H groups in total. The number of hydrogen-bond donors (Lipinski definition) is 0. The van der Waals surface area contributed by atoms with Gasteiger partial charge in [-0.3, -0.25) is 4.79 Å². The lowest BCUT2D eigenvalue weighted by Crippen LogP contribution is -2.40. The number of piperidine rings is 1. The molecule has 1 aromatic carbocycles. The third-order valence-electron chi connectivity index (χ3n) is 5.00. The molecular weight excluding hydrogens is 445 g/mol. The van der Waals surface area contributed by atoms with E-state index in [9.17, 15) is 17.6 Å². The number of sulfonamides is 1. The second kappa shape index (κ2) is 8.85. The number of thiophene rings is 1. The minimum atomic E-state index is -3.70. The van der Waals surface area contributed by atoms with Crippen LogP contribution in [0.1, 0.15) is 19.8 Å². The van der Waals surface area contributed by atoms with Gasteiger partial charge < -0.3 is 9.26 Å². The fourth-order valence-corrected chi connectivity index (χ4v) is 6.14. The van der Waals surface area contributed by atoms with E-state index in [0.717, 1.165) is 11.3 Å². The minimum absolute atomic E-state index is 0.151. The molecule has 0 bridgehead atoms. The van der Waals surface area contributed by atoms with Gasteiger partial charge in [0.25, 0.3) is 15.9 Å². The largest absolute Gasteiger partial charge is 0.466 e. The van der Waals surface area contributed by atoms with Crippen LogP contribution in [0.15, 0.2) is 44.4 Å². The Morgan fingerprint density at radius 3 is 2.77 bits per heavy atom. The van der Waals surface area contributed by atoms with Crippen molar-refractivity contribution in [2.24, 2.45) is 5.92 Å². The van der Waals surface area contributed by atoms with E-state index < -0.39 is 15.8 Å². The number of aromatic nitrogens is 2. The zero-order chi connectivity index (χ0) is 22.0. The molecule has 0 aliphatic carbocycles. The predicted molar refractivity (Wildman–Crippen MR) is 111 cm³/mol. The molecule has 3 aromatic rings. The summed E-state index contributed by atoms with van der Waals surface area (Å²) in [6.45, 7) is 2.56. The van der Waals surface area contributed by atoms with Crippen LogP contribution in [0.4, 0.5) is 4.39 Å². The summed E-state index contributed by atoms with van der Waals surface area (Å²) in [6.07, 6.45) is 0.855. The van der Waals surface area contributed by atoms with Crippen molar-refractivity contribution < 1.29 is 26.9 Å². The van der Waals surface area contributed by atoms with E-state index in [0.29, 0.717) is 30.6 Å². The summed E-state index contributed by atoms with van der Waals surface area (Å²) in [5.41, 5.74) is 0.933. The quantitative estimate of drug-likeness (QED) is 0.513. The number of carbonyl (C=O) groups is 1. The van der Waals surface area contributed by atoms with E-state index in [1.165, 1.54) is 22.5 Å². The molecule has 0 saturated carbocycles. The smallest absolute Gasteiger partial charge is 0.309 e.